The highest BCUT2D eigenvalue weighted by Gasteiger charge is 1.94. The summed E-state index contributed by atoms with van der Waals surface area (Å²) < 4.78 is 0. The molecular weight excluding hydrogens is 178 g/mol. The van der Waals surface area contributed by atoms with Crippen molar-refractivity contribution in [1.82, 2.24) is 15.0 Å². The van der Waals surface area contributed by atoms with E-state index in [0.29, 0.717) is 5.82 Å². The molecule has 2 aromatic heterocycles. The van der Waals surface area contributed by atoms with Gasteiger partial charge < -0.3 is 11.1 Å². The van der Waals surface area contributed by atoms with Gasteiger partial charge in [-0.2, -0.15) is 0 Å². The minimum Gasteiger partial charge on any atom is -0.384 e. The van der Waals surface area contributed by atoms with Gasteiger partial charge in [0.05, 0.1) is 18.1 Å². The quantitative estimate of drug-likeness (QED) is 0.738. The Bertz CT molecular complexity index is 415. The molecule has 0 amide bonds. The van der Waals surface area contributed by atoms with Gasteiger partial charge in [-0.3, -0.25) is 0 Å². The molecule has 0 unspecified atom stereocenters. The van der Waals surface area contributed by atoms with Gasteiger partial charge in [0.15, 0.2) is 0 Å². The molecule has 0 atom stereocenters. The number of hydrogen-bond donors (Lipinski definition) is 2. The van der Waals surface area contributed by atoms with Crippen molar-refractivity contribution in [2.24, 2.45) is 0 Å². The number of hydrogen-bond acceptors (Lipinski definition) is 5. The number of aromatic nitrogens is 3. The van der Waals surface area contributed by atoms with Crippen molar-refractivity contribution in [3.63, 3.8) is 0 Å². The Kier molecular flexibility index (Phi) is 2.22. The van der Waals surface area contributed by atoms with E-state index >= 15 is 0 Å². The van der Waals surface area contributed by atoms with E-state index in [-0.39, 0.29) is 0 Å². The minimum absolute atomic E-state index is 0.479. The Labute approximate surface area is 81.0 Å². The van der Waals surface area contributed by atoms with Crippen LogP contribution >= 0.6 is 0 Å². The average Bonchev–Trinajstić information content (AvgIpc) is 2.19. The number of nitrogen functional groups attached to an aromatic ring is 1. The highest BCUT2D eigenvalue weighted by molar-refractivity contribution is 5.60. The molecule has 0 saturated heterocycles. The minimum atomic E-state index is 0.479. The standard InChI is InChI=1S/C9H9N5/c10-9-3-7(1-2-13-9)14-8-4-11-6-12-5-8/h1-6H,(H3,10,13,14). The third-order valence-electron chi connectivity index (χ3n) is 1.63. The Balaban J connectivity index is 2.19. The average molecular weight is 187 g/mol. The lowest BCUT2D eigenvalue weighted by atomic mass is 10.3. The Morgan fingerprint density at radius 1 is 1.14 bits per heavy atom. The van der Waals surface area contributed by atoms with Gasteiger partial charge >= 0.3 is 0 Å². The van der Waals surface area contributed by atoms with Crippen molar-refractivity contribution in [2.75, 3.05) is 11.1 Å². The fourth-order valence-corrected chi connectivity index (χ4v) is 1.06. The van der Waals surface area contributed by atoms with Crippen LogP contribution in [0.25, 0.3) is 0 Å². The summed E-state index contributed by atoms with van der Waals surface area (Å²) in [4.78, 5) is 11.7. The Hall–Kier alpha value is -2.17. The lowest BCUT2D eigenvalue weighted by Crippen LogP contribution is -1.94. The number of nitrogens with one attached hydrogen (secondary N) is 1. The second-order valence-electron chi connectivity index (χ2n) is 2.72. The zero-order chi connectivity index (χ0) is 9.80. The smallest absolute Gasteiger partial charge is 0.125 e. The van der Waals surface area contributed by atoms with Crippen molar-refractivity contribution in [1.29, 1.82) is 0 Å². The largest absolute Gasteiger partial charge is 0.384 e. The van der Waals surface area contributed by atoms with Crippen LogP contribution in [0.3, 0.4) is 0 Å². The van der Waals surface area contributed by atoms with Gasteiger partial charge in [0.25, 0.3) is 0 Å². The van der Waals surface area contributed by atoms with Gasteiger partial charge in [0, 0.05) is 18.0 Å². The van der Waals surface area contributed by atoms with Gasteiger partial charge in [0.1, 0.15) is 12.1 Å². The first kappa shape index (κ1) is 8.43. The topological polar surface area (TPSA) is 76.7 Å². The predicted molar refractivity (Wildman–Crippen MR) is 54.0 cm³/mol. The Morgan fingerprint density at radius 2 is 1.93 bits per heavy atom. The van der Waals surface area contributed by atoms with Crippen molar-refractivity contribution < 1.29 is 0 Å². The molecule has 14 heavy (non-hydrogen) atoms. The molecule has 0 aliphatic rings. The number of pyridine rings is 1. The second kappa shape index (κ2) is 3.69. The summed E-state index contributed by atoms with van der Waals surface area (Å²) in [6, 6.07) is 3.57. The zero-order valence-electron chi connectivity index (χ0n) is 7.38. The molecule has 0 saturated carbocycles. The van der Waals surface area contributed by atoms with Crippen LogP contribution in [0.4, 0.5) is 17.2 Å². The first-order valence-electron chi connectivity index (χ1n) is 4.08. The summed E-state index contributed by atoms with van der Waals surface area (Å²) in [5.74, 6) is 0.479. The van der Waals surface area contributed by atoms with Gasteiger partial charge in [-0.25, -0.2) is 15.0 Å². The zero-order valence-corrected chi connectivity index (χ0v) is 7.38. The maximum atomic E-state index is 5.53. The molecule has 0 aliphatic heterocycles. The molecule has 0 spiro atoms. The van der Waals surface area contributed by atoms with Crippen molar-refractivity contribution in [3.8, 4) is 0 Å². The first-order valence-corrected chi connectivity index (χ1v) is 4.08. The summed E-state index contributed by atoms with van der Waals surface area (Å²) in [7, 11) is 0. The van der Waals surface area contributed by atoms with Crippen LogP contribution in [0.1, 0.15) is 0 Å². The molecule has 0 radical (unpaired) electrons. The summed E-state index contributed by atoms with van der Waals surface area (Å²) in [5, 5.41) is 3.10. The molecule has 2 heterocycles. The summed E-state index contributed by atoms with van der Waals surface area (Å²) >= 11 is 0. The van der Waals surface area contributed by atoms with E-state index in [9.17, 15) is 0 Å². The van der Waals surface area contributed by atoms with Crippen LogP contribution in [-0.2, 0) is 0 Å². The molecule has 0 aliphatic carbocycles. The molecule has 0 aromatic carbocycles. The predicted octanol–water partition coefficient (Wildman–Crippen LogP) is 1.20. The second-order valence-corrected chi connectivity index (χ2v) is 2.72. The fraction of sp³-hybridized carbons (Fsp3) is 0. The number of rotatable bonds is 2. The van der Waals surface area contributed by atoms with Crippen molar-refractivity contribution in [2.45, 2.75) is 0 Å². The van der Waals surface area contributed by atoms with Gasteiger partial charge in [-0.15, -0.1) is 0 Å². The molecule has 3 N–H and O–H groups in total. The van der Waals surface area contributed by atoms with E-state index in [1.165, 1.54) is 6.33 Å². The molecule has 2 rings (SSSR count). The molecule has 5 nitrogen and oxygen atoms in total. The van der Waals surface area contributed by atoms with E-state index in [0.717, 1.165) is 11.4 Å². The monoisotopic (exact) mass is 187 g/mol. The highest BCUT2D eigenvalue weighted by Crippen LogP contribution is 2.14. The maximum absolute atomic E-state index is 5.53. The lowest BCUT2D eigenvalue weighted by molar-refractivity contribution is 1.17. The Morgan fingerprint density at radius 3 is 2.64 bits per heavy atom. The van der Waals surface area contributed by atoms with Gasteiger partial charge in [-0.05, 0) is 6.07 Å². The summed E-state index contributed by atoms with van der Waals surface area (Å²) in [5.41, 5.74) is 7.22. The first-order chi connectivity index (χ1) is 6.84. The number of nitrogens with two attached hydrogens (primary N) is 1. The fourth-order valence-electron chi connectivity index (χ4n) is 1.06. The van der Waals surface area contributed by atoms with Crippen LogP contribution in [0.5, 0.6) is 0 Å². The van der Waals surface area contributed by atoms with E-state index in [1.54, 1.807) is 24.7 Å². The molecular formula is C9H9N5. The highest BCUT2D eigenvalue weighted by atomic mass is 14.9. The maximum Gasteiger partial charge on any atom is 0.125 e. The van der Waals surface area contributed by atoms with E-state index in [2.05, 4.69) is 20.3 Å². The van der Waals surface area contributed by atoms with Crippen LogP contribution in [0.15, 0.2) is 37.1 Å². The van der Waals surface area contributed by atoms with Gasteiger partial charge in [-0.1, -0.05) is 0 Å². The van der Waals surface area contributed by atoms with E-state index < -0.39 is 0 Å². The molecule has 0 fully saturated rings. The lowest BCUT2D eigenvalue weighted by Gasteiger charge is -2.04. The normalized spacial score (nSPS) is 9.71. The molecule has 70 valence electrons. The molecule has 5 heteroatoms. The van der Waals surface area contributed by atoms with Crippen molar-refractivity contribution in [3.05, 3.63) is 37.1 Å². The van der Waals surface area contributed by atoms with Gasteiger partial charge in [0.2, 0.25) is 0 Å². The number of nitrogens with zero attached hydrogens (tertiary/aromatic N) is 3. The molecule has 2 aromatic rings. The van der Waals surface area contributed by atoms with Crippen LogP contribution < -0.4 is 11.1 Å². The van der Waals surface area contributed by atoms with E-state index in [4.69, 9.17) is 5.73 Å². The van der Waals surface area contributed by atoms with Crippen LogP contribution in [0.2, 0.25) is 0 Å². The number of anilines is 3. The van der Waals surface area contributed by atoms with Crippen LogP contribution in [0, 0.1) is 0 Å². The van der Waals surface area contributed by atoms with E-state index in [1.807, 2.05) is 6.07 Å². The van der Waals surface area contributed by atoms with Crippen LogP contribution in [-0.4, -0.2) is 15.0 Å². The summed E-state index contributed by atoms with van der Waals surface area (Å²) in [6.45, 7) is 0. The third kappa shape index (κ3) is 1.95. The SMILES string of the molecule is Nc1cc(Nc2cncnc2)ccn1. The van der Waals surface area contributed by atoms with Crippen molar-refractivity contribution >= 4 is 17.2 Å². The molecule has 0 bridgehead atoms. The summed E-state index contributed by atoms with van der Waals surface area (Å²) in [6.07, 6.45) is 6.49. The third-order valence-corrected chi connectivity index (χ3v) is 1.63.